The van der Waals surface area contributed by atoms with Crippen molar-refractivity contribution in [3.05, 3.63) is 22.8 Å². The van der Waals surface area contributed by atoms with E-state index in [0.29, 0.717) is 25.3 Å². The molecule has 1 aliphatic carbocycles. The molecule has 6 heteroatoms. The number of nitrogens with zero attached hydrogens (tertiary/aromatic N) is 2. The van der Waals surface area contributed by atoms with Gasteiger partial charge in [-0.15, -0.1) is 0 Å². The number of nitrogens with one attached hydrogen (secondary N) is 2. The number of aromatic nitrogens is 2. The van der Waals surface area contributed by atoms with Crippen LogP contribution in [-0.2, 0) is 24.2 Å². The summed E-state index contributed by atoms with van der Waals surface area (Å²) in [7, 11) is 0. The summed E-state index contributed by atoms with van der Waals surface area (Å²) in [4.78, 5) is 21.2. The highest BCUT2D eigenvalue weighted by molar-refractivity contribution is 5.82. The van der Waals surface area contributed by atoms with Gasteiger partial charge in [0.1, 0.15) is 5.82 Å². The molecule has 0 aromatic carbocycles. The van der Waals surface area contributed by atoms with E-state index in [9.17, 15) is 4.79 Å². The van der Waals surface area contributed by atoms with E-state index in [4.69, 9.17) is 5.73 Å². The summed E-state index contributed by atoms with van der Waals surface area (Å²) in [6.45, 7) is 3.13. The molecule has 1 amide bonds. The fourth-order valence-electron chi connectivity index (χ4n) is 3.18. The molecule has 2 aliphatic rings. The van der Waals surface area contributed by atoms with Crippen LogP contribution in [0.15, 0.2) is 0 Å². The third-order valence-corrected chi connectivity index (χ3v) is 4.34. The number of nitrogens with two attached hydrogens (primary N) is 1. The van der Waals surface area contributed by atoms with Gasteiger partial charge >= 0.3 is 0 Å². The number of hydrogen-bond acceptors (Lipinski definition) is 5. The van der Waals surface area contributed by atoms with Gasteiger partial charge in [-0.25, -0.2) is 9.97 Å². The topological polar surface area (TPSA) is 92.9 Å². The Labute approximate surface area is 124 Å². The maximum Gasteiger partial charge on any atom is 0.237 e. The molecule has 3 rings (SSSR count). The molecule has 4 N–H and O–H groups in total. The minimum Gasteiger partial charge on any atom is -0.347 e. The molecule has 1 aromatic heterocycles. The second kappa shape index (κ2) is 6.07. The van der Waals surface area contributed by atoms with Gasteiger partial charge < -0.3 is 16.4 Å². The largest absolute Gasteiger partial charge is 0.347 e. The van der Waals surface area contributed by atoms with E-state index in [1.54, 1.807) is 0 Å². The van der Waals surface area contributed by atoms with Crippen LogP contribution in [0.2, 0.25) is 0 Å². The van der Waals surface area contributed by atoms with Crippen LogP contribution in [0.3, 0.4) is 0 Å². The zero-order valence-electron chi connectivity index (χ0n) is 12.5. The van der Waals surface area contributed by atoms with Gasteiger partial charge in [-0.1, -0.05) is 0 Å². The highest BCUT2D eigenvalue weighted by Crippen LogP contribution is 2.21. The van der Waals surface area contributed by atoms with Crippen molar-refractivity contribution in [1.29, 1.82) is 0 Å². The summed E-state index contributed by atoms with van der Waals surface area (Å²) < 4.78 is 0. The first kappa shape index (κ1) is 14.4. The lowest BCUT2D eigenvalue weighted by molar-refractivity contribution is -0.123. The van der Waals surface area contributed by atoms with E-state index < -0.39 is 0 Å². The first-order valence-electron chi connectivity index (χ1n) is 7.75. The number of carbonyl (C=O) groups is 1. The minimum absolute atomic E-state index is 0.0121. The Morgan fingerprint density at radius 1 is 1.38 bits per heavy atom. The molecule has 0 saturated carbocycles. The van der Waals surface area contributed by atoms with E-state index in [2.05, 4.69) is 20.6 Å². The summed E-state index contributed by atoms with van der Waals surface area (Å²) in [5.41, 5.74) is 9.33. The number of amides is 1. The molecule has 2 heterocycles. The Morgan fingerprint density at radius 3 is 2.95 bits per heavy atom. The molecule has 1 saturated heterocycles. The van der Waals surface area contributed by atoms with Crippen molar-refractivity contribution in [3.8, 4) is 0 Å². The highest BCUT2D eigenvalue weighted by atomic mass is 16.2. The molecule has 1 fully saturated rings. The number of carbonyl (C=O) groups excluding carboxylic acids is 1. The standard InChI is InChI=1S/C15H23N5O/c1-9-11-4-2-3-5-12(11)20-14(19-9)8-18-15(21)13-6-10(16)7-17-13/h10,13,17H,2-8,16H2,1H3,(H,18,21)/t10-,13+/m1/s1. The Kier molecular flexibility index (Phi) is 4.17. The maximum absolute atomic E-state index is 12.1. The summed E-state index contributed by atoms with van der Waals surface area (Å²) >= 11 is 0. The van der Waals surface area contributed by atoms with Crippen molar-refractivity contribution >= 4 is 5.91 Å². The van der Waals surface area contributed by atoms with Gasteiger partial charge in [0, 0.05) is 24.0 Å². The molecule has 1 aliphatic heterocycles. The van der Waals surface area contributed by atoms with E-state index >= 15 is 0 Å². The third kappa shape index (κ3) is 3.22. The van der Waals surface area contributed by atoms with Crippen LogP contribution in [0.5, 0.6) is 0 Å². The van der Waals surface area contributed by atoms with Gasteiger partial charge in [-0.3, -0.25) is 4.79 Å². The molecular formula is C15H23N5O. The molecule has 114 valence electrons. The van der Waals surface area contributed by atoms with Gasteiger partial charge in [0.05, 0.1) is 12.6 Å². The highest BCUT2D eigenvalue weighted by Gasteiger charge is 2.27. The first-order chi connectivity index (χ1) is 10.1. The first-order valence-corrected chi connectivity index (χ1v) is 7.75. The van der Waals surface area contributed by atoms with Crippen LogP contribution in [0.4, 0.5) is 0 Å². The van der Waals surface area contributed by atoms with Gasteiger partial charge in [-0.05, 0) is 44.6 Å². The van der Waals surface area contributed by atoms with Crippen molar-refractivity contribution in [2.24, 2.45) is 5.73 Å². The second-order valence-corrected chi connectivity index (χ2v) is 6.03. The molecule has 0 spiro atoms. The van der Waals surface area contributed by atoms with E-state index in [0.717, 1.165) is 18.5 Å². The lowest BCUT2D eigenvalue weighted by atomic mass is 9.95. The fraction of sp³-hybridized carbons (Fsp3) is 0.667. The normalized spacial score (nSPS) is 24.7. The number of rotatable bonds is 3. The average molecular weight is 289 g/mol. The lowest BCUT2D eigenvalue weighted by Gasteiger charge is -2.18. The van der Waals surface area contributed by atoms with Crippen molar-refractivity contribution in [1.82, 2.24) is 20.6 Å². The van der Waals surface area contributed by atoms with Gasteiger partial charge in [0.15, 0.2) is 0 Å². The van der Waals surface area contributed by atoms with Gasteiger partial charge in [-0.2, -0.15) is 0 Å². The molecule has 0 radical (unpaired) electrons. The summed E-state index contributed by atoms with van der Waals surface area (Å²) in [5, 5.41) is 6.04. The molecule has 6 nitrogen and oxygen atoms in total. The zero-order valence-corrected chi connectivity index (χ0v) is 12.5. The van der Waals surface area contributed by atoms with E-state index in [1.165, 1.54) is 24.1 Å². The Bertz CT molecular complexity index is 545. The number of aryl methyl sites for hydroxylation is 2. The van der Waals surface area contributed by atoms with Crippen LogP contribution < -0.4 is 16.4 Å². The summed E-state index contributed by atoms with van der Waals surface area (Å²) in [6.07, 6.45) is 5.21. The predicted octanol–water partition coefficient (Wildman–Crippen LogP) is -0.0308. The van der Waals surface area contributed by atoms with Crippen molar-refractivity contribution in [2.45, 2.75) is 57.7 Å². The smallest absolute Gasteiger partial charge is 0.237 e. The average Bonchev–Trinajstić information content (AvgIpc) is 2.91. The van der Waals surface area contributed by atoms with Crippen molar-refractivity contribution in [3.63, 3.8) is 0 Å². The monoisotopic (exact) mass is 289 g/mol. The number of hydrogen-bond donors (Lipinski definition) is 3. The lowest BCUT2D eigenvalue weighted by Crippen LogP contribution is -2.40. The van der Waals surface area contributed by atoms with E-state index in [-0.39, 0.29) is 18.0 Å². The Morgan fingerprint density at radius 2 is 2.19 bits per heavy atom. The molecule has 0 unspecified atom stereocenters. The molecule has 0 bridgehead atoms. The van der Waals surface area contributed by atoms with Crippen LogP contribution in [0.1, 0.15) is 42.0 Å². The molecule has 2 atom stereocenters. The third-order valence-electron chi connectivity index (χ3n) is 4.34. The van der Waals surface area contributed by atoms with Gasteiger partial charge in [0.25, 0.3) is 0 Å². The zero-order chi connectivity index (χ0) is 14.8. The van der Waals surface area contributed by atoms with E-state index in [1.807, 2.05) is 6.92 Å². The minimum atomic E-state index is -0.182. The summed E-state index contributed by atoms with van der Waals surface area (Å²) in [5.74, 6) is 0.700. The van der Waals surface area contributed by atoms with Gasteiger partial charge in [0.2, 0.25) is 5.91 Å². The Hall–Kier alpha value is -1.53. The maximum atomic E-state index is 12.1. The SMILES string of the molecule is Cc1nc(CNC(=O)[C@@H]2C[C@@H](N)CN2)nc2c1CCCC2. The summed E-state index contributed by atoms with van der Waals surface area (Å²) in [6, 6.07) is -0.110. The fourth-order valence-corrected chi connectivity index (χ4v) is 3.18. The Balaban J connectivity index is 1.63. The molecule has 21 heavy (non-hydrogen) atoms. The number of fused-ring (bicyclic) bond motifs is 1. The second-order valence-electron chi connectivity index (χ2n) is 6.03. The van der Waals surface area contributed by atoms with Crippen molar-refractivity contribution in [2.75, 3.05) is 6.54 Å². The quantitative estimate of drug-likeness (QED) is 0.726. The van der Waals surface area contributed by atoms with Crippen LogP contribution in [0.25, 0.3) is 0 Å². The van der Waals surface area contributed by atoms with Crippen LogP contribution in [-0.4, -0.2) is 34.5 Å². The predicted molar refractivity (Wildman–Crippen MR) is 79.6 cm³/mol. The van der Waals surface area contributed by atoms with Crippen LogP contribution >= 0.6 is 0 Å². The molecule has 1 aromatic rings. The van der Waals surface area contributed by atoms with Crippen molar-refractivity contribution < 1.29 is 4.79 Å². The van der Waals surface area contributed by atoms with Crippen LogP contribution in [0, 0.1) is 6.92 Å². The molecular weight excluding hydrogens is 266 g/mol.